The third kappa shape index (κ3) is 1.74. The van der Waals surface area contributed by atoms with E-state index >= 15 is 0 Å². The van der Waals surface area contributed by atoms with E-state index < -0.39 is 0 Å². The van der Waals surface area contributed by atoms with Crippen molar-refractivity contribution in [3.05, 3.63) is 47.9 Å². The van der Waals surface area contributed by atoms with E-state index in [1.165, 1.54) is 0 Å². The highest BCUT2D eigenvalue weighted by Gasteiger charge is 2.08. The van der Waals surface area contributed by atoms with Crippen molar-refractivity contribution in [1.82, 2.24) is 19.6 Å². The number of rotatable bonds is 2. The fourth-order valence-electron chi connectivity index (χ4n) is 1.90. The van der Waals surface area contributed by atoms with Gasteiger partial charge < -0.3 is 5.73 Å². The van der Waals surface area contributed by atoms with Crippen molar-refractivity contribution in [1.29, 1.82) is 0 Å². The van der Waals surface area contributed by atoms with Gasteiger partial charge in [0.15, 0.2) is 5.82 Å². The van der Waals surface area contributed by atoms with Crippen LogP contribution >= 0.6 is 0 Å². The van der Waals surface area contributed by atoms with Crippen LogP contribution in [-0.2, 0) is 6.54 Å². The maximum Gasteiger partial charge on any atom is 0.253 e. The summed E-state index contributed by atoms with van der Waals surface area (Å²) < 4.78 is 1.72. The molecule has 5 nitrogen and oxygen atoms in total. The van der Waals surface area contributed by atoms with E-state index in [9.17, 15) is 0 Å². The maximum atomic E-state index is 5.55. The maximum absolute atomic E-state index is 5.55. The third-order valence-electron chi connectivity index (χ3n) is 2.79. The molecule has 0 spiro atoms. The molecule has 5 heteroatoms. The summed E-state index contributed by atoms with van der Waals surface area (Å²) in [6, 6.07) is 12.0. The van der Waals surface area contributed by atoms with Crippen LogP contribution in [0.15, 0.2) is 36.4 Å². The van der Waals surface area contributed by atoms with E-state index in [0.717, 1.165) is 17.0 Å². The molecule has 0 bridgehead atoms. The summed E-state index contributed by atoms with van der Waals surface area (Å²) in [6.45, 7) is 2.31. The van der Waals surface area contributed by atoms with Crippen molar-refractivity contribution in [3.63, 3.8) is 0 Å². The highest BCUT2D eigenvalue weighted by atomic mass is 15.3. The zero-order valence-corrected chi connectivity index (χ0v) is 10.0. The summed E-state index contributed by atoms with van der Waals surface area (Å²) in [4.78, 5) is 8.80. The van der Waals surface area contributed by atoms with Crippen LogP contribution in [0, 0.1) is 6.92 Å². The molecule has 0 radical (unpaired) electrons. The van der Waals surface area contributed by atoms with Crippen LogP contribution in [-0.4, -0.2) is 19.6 Å². The average Bonchev–Trinajstić information content (AvgIpc) is 2.83. The zero-order chi connectivity index (χ0) is 12.5. The molecule has 18 heavy (non-hydrogen) atoms. The van der Waals surface area contributed by atoms with Gasteiger partial charge in [-0.1, -0.05) is 30.3 Å². The Bertz CT molecular complexity index is 687. The normalized spacial score (nSPS) is 11.0. The molecule has 3 rings (SSSR count). The highest BCUT2D eigenvalue weighted by molar-refractivity contribution is 5.61. The first-order valence-electron chi connectivity index (χ1n) is 5.77. The van der Waals surface area contributed by atoms with Gasteiger partial charge in [0.1, 0.15) is 0 Å². The van der Waals surface area contributed by atoms with Gasteiger partial charge in [0.25, 0.3) is 5.78 Å². The molecular weight excluding hydrogens is 226 g/mol. The second kappa shape index (κ2) is 4.19. The number of aryl methyl sites for hydroxylation is 1. The summed E-state index contributed by atoms with van der Waals surface area (Å²) in [5.74, 6) is 1.20. The molecule has 0 aliphatic carbocycles. The Balaban J connectivity index is 2.21. The van der Waals surface area contributed by atoms with Gasteiger partial charge in [-0.3, -0.25) is 0 Å². The van der Waals surface area contributed by atoms with E-state index in [1.54, 1.807) is 4.52 Å². The van der Waals surface area contributed by atoms with Crippen molar-refractivity contribution < 1.29 is 0 Å². The van der Waals surface area contributed by atoms with Crippen LogP contribution in [0.25, 0.3) is 17.0 Å². The number of benzene rings is 1. The van der Waals surface area contributed by atoms with Crippen LogP contribution in [0.2, 0.25) is 0 Å². The number of hydrogen-bond donors (Lipinski definition) is 1. The van der Waals surface area contributed by atoms with E-state index in [2.05, 4.69) is 15.1 Å². The minimum atomic E-state index is 0.323. The average molecular weight is 239 g/mol. The highest BCUT2D eigenvalue weighted by Crippen LogP contribution is 2.18. The van der Waals surface area contributed by atoms with Gasteiger partial charge in [-0.15, -0.1) is 5.10 Å². The second-order valence-corrected chi connectivity index (χ2v) is 4.09. The lowest BCUT2D eigenvalue weighted by atomic mass is 10.1. The minimum Gasteiger partial charge on any atom is -0.324 e. The SMILES string of the molecule is Cc1cc(-c2ccccc2)nc2nc(CN)nn12. The standard InChI is InChI=1S/C13H13N5/c1-9-7-11(10-5-3-2-4-6-10)15-13-16-12(8-14)17-18(9)13/h2-7H,8,14H2,1H3. The van der Waals surface area contributed by atoms with Crippen molar-refractivity contribution in [2.45, 2.75) is 13.5 Å². The molecule has 0 saturated carbocycles. The summed E-state index contributed by atoms with van der Waals surface area (Å²) in [5.41, 5.74) is 8.51. The van der Waals surface area contributed by atoms with Gasteiger partial charge in [-0.05, 0) is 13.0 Å². The van der Waals surface area contributed by atoms with Crippen LogP contribution in [0.1, 0.15) is 11.5 Å². The van der Waals surface area contributed by atoms with Crippen LogP contribution in [0.5, 0.6) is 0 Å². The summed E-state index contributed by atoms with van der Waals surface area (Å²) >= 11 is 0. The number of fused-ring (bicyclic) bond motifs is 1. The lowest BCUT2D eigenvalue weighted by Gasteiger charge is -2.03. The lowest BCUT2D eigenvalue weighted by molar-refractivity contribution is 0.842. The van der Waals surface area contributed by atoms with Crippen molar-refractivity contribution in [3.8, 4) is 11.3 Å². The third-order valence-corrected chi connectivity index (χ3v) is 2.79. The first-order valence-corrected chi connectivity index (χ1v) is 5.77. The summed E-state index contributed by atoms with van der Waals surface area (Å²) in [6.07, 6.45) is 0. The Hall–Kier alpha value is -2.27. The van der Waals surface area contributed by atoms with E-state index in [-0.39, 0.29) is 0 Å². The molecule has 0 unspecified atom stereocenters. The fourth-order valence-corrected chi connectivity index (χ4v) is 1.90. The summed E-state index contributed by atoms with van der Waals surface area (Å²) in [5, 5.41) is 4.28. The number of hydrogen-bond acceptors (Lipinski definition) is 4. The Morgan fingerprint density at radius 2 is 1.94 bits per heavy atom. The van der Waals surface area contributed by atoms with E-state index in [4.69, 9.17) is 5.73 Å². The molecule has 2 heterocycles. The Labute approximate surface area is 104 Å². The molecule has 1 aromatic carbocycles. The lowest BCUT2D eigenvalue weighted by Crippen LogP contribution is -2.00. The van der Waals surface area contributed by atoms with Gasteiger partial charge in [0.05, 0.1) is 12.2 Å². The molecule has 0 aliphatic rings. The molecule has 0 atom stereocenters. The second-order valence-electron chi connectivity index (χ2n) is 4.09. The number of aromatic nitrogens is 4. The van der Waals surface area contributed by atoms with Gasteiger partial charge in [-0.25, -0.2) is 9.50 Å². The molecule has 90 valence electrons. The molecule has 2 aromatic heterocycles. The molecule has 3 aromatic rings. The molecule has 2 N–H and O–H groups in total. The molecule has 0 saturated heterocycles. The molecular formula is C13H13N5. The Kier molecular flexibility index (Phi) is 2.53. The zero-order valence-electron chi connectivity index (χ0n) is 10.0. The van der Waals surface area contributed by atoms with E-state index in [0.29, 0.717) is 18.1 Å². The van der Waals surface area contributed by atoms with Crippen molar-refractivity contribution in [2.24, 2.45) is 5.73 Å². The van der Waals surface area contributed by atoms with Gasteiger partial charge in [0, 0.05) is 11.3 Å². The van der Waals surface area contributed by atoms with Gasteiger partial charge >= 0.3 is 0 Å². The monoisotopic (exact) mass is 239 g/mol. The Morgan fingerprint density at radius 3 is 2.67 bits per heavy atom. The Morgan fingerprint density at radius 1 is 1.17 bits per heavy atom. The summed E-state index contributed by atoms with van der Waals surface area (Å²) in [7, 11) is 0. The van der Waals surface area contributed by atoms with Gasteiger partial charge in [-0.2, -0.15) is 4.98 Å². The predicted molar refractivity (Wildman–Crippen MR) is 68.8 cm³/mol. The number of nitrogens with zero attached hydrogens (tertiary/aromatic N) is 4. The first-order chi connectivity index (χ1) is 8.78. The fraction of sp³-hybridized carbons (Fsp3) is 0.154. The smallest absolute Gasteiger partial charge is 0.253 e. The van der Waals surface area contributed by atoms with Crippen molar-refractivity contribution in [2.75, 3.05) is 0 Å². The quantitative estimate of drug-likeness (QED) is 0.736. The molecule has 0 amide bonds. The predicted octanol–water partition coefficient (Wildman–Crippen LogP) is 1.56. The topological polar surface area (TPSA) is 69.1 Å². The van der Waals surface area contributed by atoms with Gasteiger partial charge in [0.2, 0.25) is 0 Å². The van der Waals surface area contributed by atoms with Crippen molar-refractivity contribution >= 4 is 5.78 Å². The molecule has 0 aliphatic heterocycles. The van der Waals surface area contributed by atoms with E-state index in [1.807, 2.05) is 43.3 Å². The first kappa shape index (κ1) is 10.9. The molecule has 0 fully saturated rings. The van der Waals surface area contributed by atoms with Crippen LogP contribution < -0.4 is 5.73 Å². The largest absolute Gasteiger partial charge is 0.324 e. The van der Waals surface area contributed by atoms with Crippen LogP contribution in [0.3, 0.4) is 0 Å². The van der Waals surface area contributed by atoms with Crippen LogP contribution in [0.4, 0.5) is 0 Å². The number of nitrogens with two attached hydrogens (primary N) is 1. The minimum absolute atomic E-state index is 0.323.